The molecule has 56 heavy (non-hydrogen) atoms. The molecule has 9 nitrogen and oxygen atoms in total. The summed E-state index contributed by atoms with van der Waals surface area (Å²) in [5.41, 5.74) is 4.62. The number of aromatic nitrogens is 2. The molecule has 2 aliphatic rings. The molecule has 1 aliphatic carbocycles. The van der Waals surface area contributed by atoms with Gasteiger partial charge in [0, 0.05) is 79.5 Å². The zero-order valence-electron chi connectivity index (χ0n) is 32.4. The number of allylic oxidation sites excluding steroid dienone is 2. The summed E-state index contributed by atoms with van der Waals surface area (Å²) in [4.78, 5) is 19.6. The maximum Gasteiger partial charge on any atom is 0.307 e. The molecule has 3 heterocycles. The Morgan fingerprint density at radius 2 is 1.88 bits per heavy atom. The van der Waals surface area contributed by atoms with Crippen LogP contribution in [0.2, 0.25) is 0 Å². The van der Waals surface area contributed by atoms with Crippen molar-refractivity contribution in [2.24, 2.45) is 11.8 Å². The third-order valence-electron chi connectivity index (χ3n) is 11.6. The molecule has 0 bridgehead atoms. The van der Waals surface area contributed by atoms with Crippen molar-refractivity contribution in [3.05, 3.63) is 133 Å². The van der Waals surface area contributed by atoms with Crippen LogP contribution in [-0.4, -0.2) is 73.2 Å². The molecular formula is C47H56N4O5. The summed E-state index contributed by atoms with van der Waals surface area (Å²) in [6.07, 6.45) is 16.3. The Labute approximate surface area is 330 Å². The van der Waals surface area contributed by atoms with Gasteiger partial charge in [-0.3, -0.25) is 14.7 Å². The number of rotatable bonds is 17. The van der Waals surface area contributed by atoms with E-state index in [-0.39, 0.29) is 17.8 Å². The number of hydrogen-bond donors (Lipinski definition) is 4. The minimum Gasteiger partial charge on any atom is -0.441 e. The number of anilines is 1. The topological polar surface area (TPSA) is 120 Å². The Bertz CT molecular complexity index is 2090. The smallest absolute Gasteiger partial charge is 0.307 e. The van der Waals surface area contributed by atoms with Gasteiger partial charge >= 0.3 is 5.97 Å². The van der Waals surface area contributed by atoms with Gasteiger partial charge < -0.3 is 29.9 Å². The number of esters is 1. The van der Waals surface area contributed by atoms with Gasteiger partial charge in [0.15, 0.2) is 6.23 Å². The van der Waals surface area contributed by atoms with Crippen LogP contribution in [0, 0.1) is 11.8 Å². The maximum atomic E-state index is 12.9. The van der Waals surface area contributed by atoms with E-state index in [4.69, 9.17) is 4.74 Å². The van der Waals surface area contributed by atoms with Crippen LogP contribution in [-0.2, 0) is 22.5 Å². The first-order valence-electron chi connectivity index (χ1n) is 20.3. The third kappa shape index (κ3) is 10.1. The number of aryl methyl sites for hydroxylation is 1. The number of nitrogens with zero attached hydrogens (tertiary/aromatic N) is 3. The second kappa shape index (κ2) is 18.9. The fraction of sp³-hybridized carbons (Fsp3) is 0.404. The van der Waals surface area contributed by atoms with Crippen LogP contribution < -0.4 is 5.32 Å². The number of pyridine rings is 1. The Kier molecular flexibility index (Phi) is 13.3. The van der Waals surface area contributed by atoms with Crippen LogP contribution >= 0.6 is 0 Å². The highest BCUT2D eigenvalue weighted by Crippen LogP contribution is 2.36. The van der Waals surface area contributed by atoms with E-state index in [1.54, 1.807) is 6.08 Å². The number of aliphatic hydroxyl groups excluding tert-OH is 3. The van der Waals surface area contributed by atoms with Crippen LogP contribution in [0.1, 0.15) is 69.2 Å². The molecule has 3 aromatic carbocycles. The Balaban J connectivity index is 0.840. The van der Waals surface area contributed by atoms with E-state index in [2.05, 4.69) is 75.9 Å². The van der Waals surface area contributed by atoms with Gasteiger partial charge in [-0.2, -0.15) is 0 Å². The van der Waals surface area contributed by atoms with Gasteiger partial charge in [-0.05, 0) is 92.1 Å². The molecule has 0 amide bonds. The van der Waals surface area contributed by atoms with Gasteiger partial charge in [0.25, 0.3) is 0 Å². The van der Waals surface area contributed by atoms with Crippen molar-refractivity contribution in [2.45, 2.75) is 95.4 Å². The molecule has 0 spiro atoms. The molecule has 1 aliphatic heterocycles. The molecule has 0 radical (unpaired) electrons. The van der Waals surface area contributed by atoms with E-state index in [1.807, 2.05) is 66.5 Å². The molecule has 1 unspecified atom stereocenters. The zero-order chi connectivity index (χ0) is 38.9. The molecule has 1 saturated carbocycles. The van der Waals surface area contributed by atoms with Crippen LogP contribution in [0.3, 0.4) is 0 Å². The lowest BCUT2D eigenvalue weighted by atomic mass is 9.89. The number of ether oxygens (including phenoxy) is 1. The lowest BCUT2D eigenvalue weighted by Gasteiger charge is -2.19. The first-order valence-corrected chi connectivity index (χ1v) is 20.3. The van der Waals surface area contributed by atoms with Crippen molar-refractivity contribution >= 4 is 33.3 Å². The predicted octanol–water partition coefficient (Wildman–Crippen LogP) is 7.96. The molecular weight excluding hydrogens is 701 g/mol. The second-order valence-electron chi connectivity index (χ2n) is 15.7. The van der Waals surface area contributed by atoms with Crippen molar-refractivity contribution in [2.75, 3.05) is 18.4 Å². The normalized spacial score (nSPS) is 22.8. The number of aliphatic hydroxyl groups is 3. The van der Waals surface area contributed by atoms with Crippen LogP contribution in [0.15, 0.2) is 122 Å². The van der Waals surface area contributed by atoms with E-state index in [0.717, 1.165) is 60.9 Å². The summed E-state index contributed by atoms with van der Waals surface area (Å²) < 4.78 is 7.92. The van der Waals surface area contributed by atoms with Crippen LogP contribution in [0.5, 0.6) is 0 Å². The van der Waals surface area contributed by atoms with E-state index >= 15 is 0 Å². The number of hydrogen-bond acceptors (Lipinski definition) is 8. The summed E-state index contributed by atoms with van der Waals surface area (Å²) in [6.45, 7) is 4.76. The first-order chi connectivity index (χ1) is 27.3. The Morgan fingerprint density at radius 3 is 2.75 bits per heavy atom. The second-order valence-corrected chi connectivity index (χ2v) is 15.7. The lowest BCUT2D eigenvalue weighted by Crippen LogP contribution is -2.26. The number of carbonyl (C=O) groups excluding carboxylic acids is 1. The first kappa shape index (κ1) is 39.4. The van der Waals surface area contributed by atoms with Gasteiger partial charge in [0.1, 0.15) is 0 Å². The number of fused-ring (bicyclic) bond motifs is 2. The molecule has 2 fully saturated rings. The molecule has 1 saturated heterocycles. The monoisotopic (exact) mass is 756 g/mol. The molecule has 2 aromatic heterocycles. The van der Waals surface area contributed by atoms with E-state index in [1.165, 1.54) is 16.5 Å². The van der Waals surface area contributed by atoms with E-state index in [9.17, 15) is 20.1 Å². The number of likely N-dealkylation sites (tertiary alicyclic amines) is 1. The summed E-state index contributed by atoms with van der Waals surface area (Å²) in [7, 11) is 0. The summed E-state index contributed by atoms with van der Waals surface area (Å²) in [5.74, 6) is -0.565. The van der Waals surface area contributed by atoms with E-state index in [0.29, 0.717) is 38.1 Å². The van der Waals surface area contributed by atoms with E-state index < -0.39 is 24.5 Å². The third-order valence-corrected chi connectivity index (χ3v) is 11.6. The highest BCUT2D eigenvalue weighted by Gasteiger charge is 2.39. The molecule has 294 valence electrons. The fourth-order valence-corrected chi connectivity index (χ4v) is 8.49. The number of carbonyl (C=O) groups is 1. The number of benzene rings is 3. The summed E-state index contributed by atoms with van der Waals surface area (Å²) >= 11 is 0. The quantitative estimate of drug-likeness (QED) is 0.0429. The standard InChI is InChI=1S/C47H56N4O5/c1-33(56-47(55)15-8-3-2-7-13-41-42(46(54)29-45(41)53)21-20-39(52)19-17-34-10-5-4-6-11-34)51-27-23-36-18-16-35(28-44(36)51)31-50-26-24-38(32-50)49-43-14-9-12-37-30-48-25-22-40(37)43/h2,4-7,9-12,14,16,18,20-23,25,27-28,30,33,38-39,41-42,45-46,49,52-54H,3,8,13,15,17,19,24,26,29,31-32H2,1H3/b7-2-,21-20+/t33?,38-,39+,41-,42-,45+,46-/m1/s1. The Hall–Kier alpha value is -4.80. The van der Waals surface area contributed by atoms with Gasteiger partial charge in [-0.25, -0.2) is 0 Å². The molecule has 7 atom stereocenters. The summed E-state index contributed by atoms with van der Waals surface area (Å²) in [5, 5.41) is 39.0. The average molecular weight is 757 g/mol. The SMILES string of the molecule is CC(OC(=O)CCC/C=C\C[C@@H]1[C@@H](/C=C/[C@@H](O)CCc2ccccc2)[C@H](O)C[C@@H]1O)n1ccc2ccc(CN3CC[C@@H](Nc4cccc5cnccc45)C3)cc21. The van der Waals surface area contributed by atoms with Gasteiger partial charge in [0.2, 0.25) is 0 Å². The van der Waals surface area contributed by atoms with Crippen molar-refractivity contribution in [3.63, 3.8) is 0 Å². The molecule has 5 aromatic rings. The number of nitrogens with one attached hydrogen (secondary N) is 1. The van der Waals surface area contributed by atoms with Gasteiger partial charge in [0.05, 0.1) is 23.8 Å². The van der Waals surface area contributed by atoms with Crippen molar-refractivity contribution in [1.29, 1.82) is 0 Å². The molecule has 9 heteroatoms. The Morgan fingerprint density at radius 1 is 1.00 bits per heavy atom. The summed E-state index contributed by atoms with van der Waals surface area (Å²) in [6, 6.07) is 27.5. The zero-order valence-corrected chi connectivity index (χ0v) is 32.4. The minimum absolute atomic E-state index is 0.121. The van der Waals surface area contributed by atoms with Crippen LogP contribution in [0.25, 0.3) is 21.7 Å². The van der Waals surface area contributed by atoms with Gasteiger partial charge in [-0.1, -0.05) is 78.9 Å². The van der Waals surface area contributed by atoms with Crippen molar-refractivity contribution in [1.82, 2.24) is 14.5 Å². The van der Waals surface area contributed by atoms with Crippen molar-refractivity contribution in [3.8, 4) is 0 Å². The minimum atomic E-state index is -0.637. The van der Waals surface area contributed by atoms with Crippen molar-refractivity contribution < 1.29 is 24.9 Å². The van der Waals surface area contributed by atoms with Crippen LogP contribution in [0.4, 0.5) is 5.69 Å². The maximum absolute atomic E-state index is 12.9. The van der Waals surface area contributed by atoms with Gasteiger partial charge in [-0.15, -0.1) is 0 Å². The lowest BCUT2D eigenvalue weighted by molar-refractivity contribution is -0.152. The highest BCUT2D eigenvalue weighted by atomic mass is 16.6. The largest absolute Gasteiger partial charge is 0.441 e. The molecule has 7 rings (SSSR count). The number of unbranched alkanes of at least 4 members (excludes halogenated alkanes) is 1. The average Bonchev–Trinajstić information content (AvgIpc) is 3.91. The predicted molar refractivity (Wildman–Crippen MR) is 223 cm³/mol. The fourth-order valence-electron chi connectivity index (χ4n) is 8.49. The molecule has 4 N–H and O–H groups in total. The highest BCUT2D eigenvalue weighted by molar-refractivity contribution is 5.93.